The van der Waals surface area contributed by atoms with Gasteiger partial charge in [-0.05, 0) is 103 Å². The summed E-state index contributed by atoms with van der Waals surface area (Å²) >= 11 is 0. The SMILES string of the molecule is CCCCC/C=C\C/C=C\CCCCCCCC(=O)OC(CCN(CC)CC)CC(CCCCCC/C=C\C/C=C\CCCCC)C(=O)O. The van der Waals surface area contributed by atoms with Crippen molar-refractivity contribution in [1.82, 2.24) is 4.90 Å². The topological polar surface area (TPSA) is 66.8 Å². The van der Waals surface area contributed by atoms with Crippen LogP contribution in [0.15, 0.2) is 48.6 Å². The molecule has 5 heteroatoms. The van der Waals surface area contributed by atoms with Gasteiger partial charge < -0.3 is 14.7 Å². The summed E-state index contributed by atoms with van der Waals surface area (Å²) < 4.78 is 5.96. The van der Waals surface area contributed by atoms with Gasteiger partial charge in [0.2, 0.25) is 0 Å². The zero-order chi connectivity index (χ0) is 36.0. The maximum atomic E-state index is 12.8. The van der Waals surface area contributed by atoms with Crippen molar-refractivity contribution < 1.29 is 19.4 Å². The lowest BCUT2D eigenvalue weighted by molar-refractivity contribution is -0.154. The van der Waals surface area contributed by atoms with E-state index in [0.717, 1.165) is 90.3 Å². The van der Waals surface area contributed by atoms with Crippen molar-refractivity contribution in [3.05, 3.63) is 48.6 Å². The predicted molar refractivity (Wildman–Crippen MR) is 212 cm³/mol. The summed E-state index contributed by atoms with van der Waals surface area (Å²) in [6.45, 7) is 11.5. The van der Waals surface area contributed by atoms with E-state index in [4.69, 9.17) is 4.74 Å². The molecular formula is C44H79NO4. The first-order chi connectivity index (χ1) is 24.0. The second kappa shape index (κ2) is 37.1. The summed E-state index contributed by atoms with van der Waals surface area (Å²) in [4.78, 5) is 27.3. The number of ether oxygens (including phenoxy) is 1. The van der Waals surface area contributed by atoms with Gasteiger partial charge in [-0.25, -0.2) is 0 Å². The predicted octanol–water partition coefficient (Wildman–Crippen LogP) is 13.0. The standard InChI is InChI=1S/C44H79NO4/c1-5-9-11-13-15-17-19-21-23-25-27-29-31-33-35-37-43(46)49-42(38-39-45(7-3)8-4)40-41(44(47)48)36-34-32-30-28-26-24-22-20-18-16-14-12-10-6-2/h15-18,21-24,41-42H,5-14,19-20,25-40H2,1-4H3,(H,47,48)/b17-15-,18-16-,23-21-,24-22-. The molecule has 2 atom stereocenters. The summed E-state index contributed by atoms with van der Waals surface area (Å²) in [5.41, 5.74) is 0. The Bertz CT molecular complexity index is 857. The number of nitrogens with zero attached hydrogens (tertiary/aromatic N) is 1. The molecule has 0 aromatic rings. The lowest BCUT2D eigenvalue weighted by Gasteiger charge is -2.25. The number of hydrogen-bond donors (Lipinski definition) is 1. The number of esters is 1. The Hall–Kier alpha value is -2.14. The second-order valence-electron chi connectivity index (χ2n) is 13.8. The maximum Gasteiger partial charge on any atom is 0.306 e. The van der Waals surface area contributed by atoms with Gasteiger partial charge in [0.15, 0.2) is 0 Å². The molecule has 0 amide bonds. The molecule has 0 heterocycles. The monoisotopic (exact) mass is 686 g/mol. The van der Waals surface area contributed by atoms with Crippen LogP contribution in [0.25, 0.3) is 0 Å². The molecule has 0 aliphatic heterocycles. The number of allylic oxidation sites excluding steroid dienone is 8. The Labute approximate surface area is 304 Å². The van der Waals surface area contributed by atoms with Crippen molar-refractivity contribution in [2.45, 2.75) is 194 Å². The van der Waals surface area contributed by atoms with E-state index in [1.807, 2.05) is 0 Å². The minimum absolute atomic E-state index is 0.167. The van der Waals surface area contributed by atoms with Crippen LogP contribution in [-0.2, 0) is 14.3 Å². The first kappa shape index (κ1) is 46.9. The average molecular weight is 686 g/mol. The fraction of sp³-hybridized carbons (Fsp3) is 0.773. The molecule has 0 rings (SSSR count). The number of hydrogen-bond acceptors (Lipinski definition) is 4. The van der Waals surface area contributed by atoms with Crippen molar-refractivity contribution in [2.75, 3.05) is 19.6 Å². The lowest BCUT2D eigenvalue weighted by Crippen LogP contribution is -2.31. The molecule has 0 fully saturated rings. The van der Waals surface area contributed by atoms with Gasteiger partial charge in [0.05, 0.1) is 5.92 Å². The highest BCUT2D eigenvalue weighted by atomic mass is 16.5. The molecule has 0 saturated heterocycles. The van der Waals surface area contributed by atoms with E-state index in [1.165, 1.54) is 64.2 Å². The van der Waals surface area contributed by atoms with Gasteiger partial charge in [-0.2, -0.15) is 0 Å². The molecule has 2 unspecified atom stereocenters. The van der Waals surface area contributed by atoms with Gasteiger partial charge in [-0.3, -0.25) is 9.59 Å². The largest absolute Gasteiger partial charge is 0.481 e. The minimum Gasteiger partial charge on any atom is -0.481 e. The third kappa shape index (κ3) is 32.8. The molecule has 0 aromatic heterocycles. The summed E-state index contributed by atoms with van der Waals surface area (Å²) in [6, 6.07) is 0. The van der Waals surface area contributed by atoms with Crippen molar-refractivity contribution in [2.24, 2.45) is 5.92 Å². The maximum absolute atomic E-state index is 12.8. The van der Waals surface area contributed by atoms with Gasteiger partial charge in [-0.1, -0.05) is 141 Å². The van der Waals surface area contributed by atoms with Crippen LogP contribution in [0.2, 0.25) is 0 Å². The van der Waals surface area contributed by atoms with E-state index in [9.17, 15) is 14.7 Å². The van der Waals surface area contributed by atoms with Gasteiger partial charge in [0, 0.05) is 13.0 Å². The van der Waals surface area contributed by atoms with Crippen LogP contribution in [0.4, 0.5) is 0 Å². The normalized spacial score (nSPS) is 13.5. The minimum atomic E-state index is -0.761. The summed E-state index contributed by atoms with van der Waals surface area (Å²) in [7, 11) is 0. The molecule has 0 aliphatic rings. The number of carboxylic acid groups (broad SMARTS) is 1. The average Bonchev–Trinajstić information content (AvgIpc) is 3.09. The lowest BCUT2D eigenvalue weighted by atomic mass is 9.93. The summed E-state index contributed by atoms with van der Waals surface area (Å²) in [6.07, 6.45) is 44.1. The number of rotatable bonds is 36. The Kier molecular flexibility index (Phi) is 35.5. The van der Waals surface area contributed by atoms with E-state index in [1.54, 1.807) is 0 Å². The molecule has 1 N–H and O–H groups in total. The molecule has 0 saturated carbocycles. The van der Waals surface area contributed by atoms with Gasteiger partial charge in [0.25, 0.3) is 0 Å². The van der Waals surface area contributed by atoms with Crippen LogP contribution >= 0.6 is 0 Å². The van der Waals surface area contributed by atoms with Crippen molar-refractivity contribution in [1.29, 1.82) is 0 Å². The van der Waals surface area contributed by atoms with Crippen molar-refractivity contribution in [3.8, 4) is 0 Å². The number of unbranched alkanes of at least 4 members (excludes halogenated alkanes) is 15. The van der Waals surface area contributed by atoms with E-state index in [-0.39, 0.29) is 12.1 Å². The smallest absolute Gasteiger partial charge is 0.306 e. The van der Waals surface area contributed by atoms with E-state index >= 15 is 0 Å². The van der Waals surface area contributed by atoms with E-state index < -0.39 is 11.9 Å². The van der Waals surface area contributed by atoms with E-state index in [0.29, 0.717) is 25.7 Å². The van der Waals surface area contributed by atoms with Crippen LogP contribution in [-0.4, -0.2) is 47.7 Å². The van der Waals surface area contributed by atoms with Crippen molar-refractivity contribution >= 4 is 11.9 Å². The zero-order valence-corrected chi connectivity index (χ0v) is 32.7. The Morgan fingerprint density at radius 1 is 0.571 bits per heavy atom. The molecule has 0 aromatic carbocycles. The van der Waals surface area contributed by atoms with Gasteiger partial charge >= 0.3 is 11.9 Å². The zero-order valence-electron chi connectivity index (χ0n) is 32.7. The highest BCUT2D eigenvalue weighted by Crippen LogP contribution is 2.22. The Balaban J connectivity index is 4.39. The van der Waals surface area contributed by atoms with Gasteiger partial charge in [-0.15, -0.1) is 0 Å². The second-order valence-corrected chi connectivity index (χ2v) is 13.8. The molecule has 284 valence electrons. The van der Waals surface area contributed by atoms with Crippen LogP contribution in [0.3, 0.4) is 0 Å². The van der Waals surface area contributed by atoms with Crippen LogP contribution in [0.1, 0.15) is 188 Å². The fourth-order valence-electron chi connectivity index (χ4n) is 6.10. The first-order valence-corrected chi connectivity index (χ1v) is 20.7. The first-order valence-electron chi connectivity index (χ1n) is 20.7. The quantitative estimate of drug-likeness (QED) is 0.0404. The summed E-state index contributed by atoms with van der Waals surface area (Å²) in [5.74, 6) is -1.39. The summed E-state index contributed by atoms with van der Waals surface area (Å²) in [5, 5.41) is 10.0. The molecule has 49 heavy (non-hydrogen) atoms. The number of carbonyl (C=O) groups excluding carboxylic acids is 1. The molecule has 0 aliphatic carbocycles. The van der Waals surface area contributed by atoms with Crippen molar-refractivity contribution in [3.63, 3.8) is 0 Å². The number of carbonyl (C=O) groups is 2. The molecule has 0 spiro atoms. The van der Waals surface area contributed by atoms with Crippen LogP contribution < -0.4 is 0 Å². The third-order valence-electron chi connectivity index (χ3n) is 9.44. The number of carboxylic acids is 1. The highest BCUT2D eigenvalue weighted by Gasteiger charge is 2.25. The molecule has 0 bridgehead atoms. The number of aliphatic carboxylic acids is 1. The fourth-order valence-corrected chi connectivity index (χ4v) is 6.10. The molecular weight excluding hydrogens is 606 g/mol. The Morgan fingerprint density at radius 3 is 1.49 bits per heavy atom. The van der Waals surface area contributed by atoms with Crippen LogP contribution in [0, 0.1) is 5.92 Å². The van der Waals surface area contributed by atoms with Crippen LogP contribution in [0.5, 0.6) is 0 Å². The Morgan fingerprint density at radius 2 is 1.02 bits per heavy atom. The third-order valence-corrected chi connectivity index (χ3v) is 9.44. The highest BCUT2D eigenvalue weighted by molar-refractivity contribution is 5.71. The van der Waals surface area contributed by atoms with Gasteiger partial charge in [0.1, 0.15) is 6.10 Å². The van der Waals surface area contributed by atoms with E-state index in [2.05, 4.69) is 81.2 Å². The molecule has 0 radical (unpaired) electrons. The molecule has 5 nitrogen and oxygen atoms in total.